The lowest BCUT2D eigenvalue weighted by Gasteiger charge is -2.48. The normalized spacial score (nSPS) is 17.8. The van der Waals surface area contributed by atoms with Crippen molar-refractivity contribution in [2.75, 3.05) is 5.75 Å². The van der Waals surface area contributed by atoms with Crippen LogP contribution in [0.25, 0.3) is 10.6 Å². The molecule has 2 aliphatic heterocycles. The van der Waals surface area contributed by atoms with Gasteiger partial charge in [-0.3, -0.25) is 14.5 Å². The van der Waals surface area contributed by atoms with Crippen LogP contribution in [-0.2, 0) is 25.5 Å². The molecule has 0 unspecified atom stereocenters. The number of phenols is 1. The van der Waals surface area contributed by atoms with E-state index in [-0.39, 0.29) is 29.7 Å². The van der Waals surface area contributed by atoms with Crippen LogP contribution in [0.3, 0.4) is 0 Å². The van der Waals surface area contributed by atoms with Crippen molar-refractivity contribution in [2.24, 2.45) is 0 Å². The number of ether oxygens (including phenoxy) is 1. The van der Waals surface area contributed by atoms with Crippen LogP contribution in [0.4, 0.5) is 0 Å². The summed E-state index contributed by atoms with van der Waals surface area (Å²) in [5, 5.41) is 14.6. The van der Waals surface area contributed by atoms with Crippen molar-refractivity contribution in [3.05, 3.63) is 119 Å². The van der Waals surface area contributed by atoms with Crippen molar-refractivity contribution in [1.29, 1.82) is 0 Å². The molecule has 206 valence electrons. The Hall–Kier alpha value is -4.41. The standard InChI is InChI=1S/C31H25N3O5S2/c35-23-13-7-12-21(16-23)28-32-22(18-41-28)17-25(36)33-26-29(37)34-24(14-15-40-30(26)34)31(38)39-27(19-8-3-1-4-9-19)20-10-5-2-6-11-20/h1-14,16,18,26-27,30,35H,15,17H2,(H,33,36)/t26-,30-/m1/s1. The zero-order chi connectivity index (χ0) is 28.3. The minimum absolute atomic E-state index is 0.0110. The molecule has 3 heterocycles. The highest BCUT2D eigenvalue weighted by molar-refractivity contribution is 8.00. The Morgan fingerprint density at radius 3 is 2.41 bits per heavy atom. The van der Waals surface area contributed by atoms with Crippen molar-refractivity contribution in [1.82, 2.24) is 15.2 Å². The van der Waals surface area contributed by atoms with Gasteiger partial charge in [0.2, 0.25) is 5.91 Å². The second-order valence-corrected chi connectivity index (χ2v) is 11.6. The fraction of sp³-hybridized carbons (Fsp3) is 0.161. The summed E-state index contributed by atoms with van der Waals surface area (Å²) in [5.41, 5.74) is 3.17. The number of thiazole rings is 1. The number of nitrogens with zero attached hydrogens (tertiary/aromatic N) is 2. The van der Waals surface area contributed by atoms with Gasteiger partial charge in [-0.25, -0.2) is 9.78 Å². The maximum absolute atomic E-state index is 13.4. The Kier molecular flexibility index (Phi) is 7.58. The van der Waals surface area contributed by atoms with Gasteiger partial charge < -0.3 is 15.2 Å². The van der Waals surface area contributed by atoms with E-state index >= 15 is 0 Å². The number of hydrogen-bond donors (Lipinski definition) is 2. The fourth-order valence-electron chi connectivity index (χ4n) is 4.83. The summed E-state index contributed by atoms with van der Waals surface area (Å²) in [7, 11) is 0. The summed E-state index contributed by atoms with van der Waals surface area (Å²) in [5.74, 6) is -0.626. The number of rotatable bonds is 8. The summed E-state index contributed by atoms with van der Waals surface area (Å²) in [6.07, 6.45) is 1.08. The Bertz CT molecular complexity index is 1580. The van der Waals surface area contributed by atoms with E-state index in [1.165, 1.54) is 28.0 Å². The first-order valence-electron chi connectivity index (χ1n) is 13.0. The summed E-state index contributed by atoms with van der Waals surface area (Å²) >= 11 is 2.85. The molecule has 4 aromatic rings. The lowest BCUT2D eigenvalue weighted by Crippen LogP contribution is -2.70. The summed E-state index contributed by atoms with van der Waals surface area (Å²) in [6, 6.07) is 24.9. The third kappa shape index (κ3) is 5.61. The predicted molar refractivity (Wildman–Crippen MR) is 157 cm³/mol. The average molecular weight is 584 g/mol. The van der Waals surface area contributed by atoms with E-state index in [9.17, 15) is 19.5 Å². The van der Waals surface area contributed by atoms with Gasteiger partial charge in [-0.1, -0.05) is 72.8 Å². The van der Waals surface area contributed by atoms with Gasteiger partial charge in [-0.15, -0.1) is 23.1 Å². The molecular weight excluding hydrogens is 558 g/mol. The minimum atomic E-state index is -0.743. The highest BCUT2D eigenvalue weighted by Crippen LogP contribution is 2.39. The molecule has 6 rings (SSSR count). The number of hydrogen-bond acceptors (Lipinski definition) is 8. The quantitative estimate of drug-likeness (QED) is 0.229. The van der Waals surface area contributed by atoms with E-state index in [1.54, 1.807) is 29.7 Å². The second kappa shape index (κ2) is 11.6. The number of β-lactam (4-membered cyclic amide) rings is 1. The van der Waals surface area contributed by atoms with Crippen LogP contribution in [0.2, 0.25) is 0 Å². The topological polar surface area (TPSA) is 109 Å². The number of aromatic nitrogens is 1. The number of phenolic OH excluding ortho intramolecular Hbond substituents is 1. The molecule has 0 radical (unpaired) electrons. The molecule has 1 saturated heterocycles. The van der Waals surface area contributed by atoms with Crippen molar-refractivity contribution < 1.29 is 24.2 Å². The summed E-state index contributed by atoms with van der Waals surface area (Å²) < 4.78 is 5.98. The van der Waals surface area contributed by atoms with Crippen LogP contribution in [0, 0.1) is 0 Å². The smallest absolute Gasteiger partial charge is 0.355 e. The first-order valence-corrected chi connectivity index (χ1v) is 14.9. The predicted octanol–water partition coefficient (Wildman–Crippen LogP) is 4.67. The third-order valence-electron chi connectivity index (χ3n) is 6.79. The number of fused-ring (bicyclic) bond motifs is 1. The molecule has 2 atom stereocenters. The molecule has 1 aromatic heterocycles. The minimum Gasteiger partial charge on any atom is -0.508 e. The monoisotopic (exact) mass is 583 g/mol. The Morgan fingerprint density at radius 1 is 1.02 bits per heavy atom. The fourth-order valence-corrected chi connectivity index (χ4v) is 6.84. The molecule has 2 amide bonds. The SMILES string of the molecule is O=C(Cc1csc(-c2cccc(O)c2)n1)N[C@@H]1C(=O)N2C(C(=O)OC(c3ccccc3)c3ccccc3)=CCS[C@H]12. The summed E-state index contributed by atoms with van der Waals surface area (Å²) in [4.78, 5) is 45.3. The molecule has 0 spiro atoms. The van der Waals surface area contributed by atoms with Gasteiger partial charge in [-0.05, 0) is 29.3 Å². The van der Waals surface area contributed by atoms with E-state index in [1.807, 2.05) is 66.7 Å². The van der Waals surface area contributed by atoms with Crippen LogP contribution < -0.4 is 5.32 Å². The third-order valence-corrected chi connectivity index (χ3v) is 8.91. The molecule has 0 saturated carbocycles. The number of thioether (sulfide) groups is 1. The molecule has 8 nitrogen and oxygen atoms in total. The lowest BCUT2D eigenvalue weighted by atomic mass is 10.0. The Labute approximate surface area is 244 Å². The number of carbonyl (C=O) groups is 3. The van der Waals surface area contributed by atoms with E-state index in [4.69, 9.17) is 4.74 Å². The van der Waals surface area contributed by atoms with Crippen LogP contribution in [-0.4, -0.2) is 49.9 Å². The Morgan fingerprint density at radius 2 is 1.73 bits per heavy atom. The van der Waals surface area contributed by atoms with Gasteiger partial charge in [0.15, 0.2) is 6.10 Å². The average Bonchev–Trinajstić information content (AvgIpc) is 3.47. The van der Waals surface area contributed by atoms with Crippen LogP contribution in [0.15, 0.2) is 102 Å². The van der Waals surface area contributed by atoms with Crippen molar-refractivity contribution in [2.45, 2.75) is 23.9 Å². The van der Waals surface area contributed by atoms with Gasteiger partial charge in [-0.2, -0.15) is 0 Å². The van der Waals surface area contributed by atoms with Gasteiger partial charge in [0.1, 0.15) is 27.9 Å². The van der Waals surface area contributed by atoms with E-state index in [0.29, 0.717) is 16.5 Å². The number of amides is 2. The molecule has 0 aliphatic carbocycles. The molecule has 3 aromatic carbocycles. The first-order chi connectivity index (χ1) is 20.0. The highest BCUT2D eigenvalue weighted by Gasteiger charge is 2.53. The number of aromatic hydroxyl groups is 1. The number of esters is 1. The molecular formula is C31H25N3O5S2. The van der Waals surface area contributed by atoms with Crippen molar-refractivity contribution in [3.63, 3.8) is 0 Å². The van der Waals surface area contributed by atoms with Gasteiger partial charge >= 0.3 is 5.97 Å². The lowest BCUT2D eigenvalue weighted by molar-refractivity contribution is -0.154. The highest BCUT2D eigenvalue weighted by atomic mass is 32.2. The maximum atomic E-state index is 13.4. The Balaban J connectivity index is 1.11. The maximum Gasteiger partial charge on any atom is 0.355 e. The number of carbonyl (C=O) groups excluding carboxylic acids is 3. The molecule has 2 aliphatic rings. The molecule has 1 fully saturated rings. The van der Waals surface area contributed by atoms with E-state index in [2.05, 4.69) is 10.3 Å². The van der Waals surface area contributed by atoms with Crippen LogP contribution in [0.5, 0.6) is 5.75 Å². The second-order valence-electron chi connectivity index (χ2n) is 9.54. The first kappa shape index (κ1) is 26.8. The van der Waals surface area contributed by atoms with Crippen LogP contribution in [0.1, 0.15) is 22.9 Å². The molecule has 2 N–H and O–H groups in total. The summed E-state index contributed by atoms with van der Waals surface area (Å²) in [6.45, 7) is 0. The van der Waals surface area contributed by atoms with Crippen LogP contribution >= 0.6 is 23.1 Å². The van der Waals surface area contributed by atoms with E-state index in [0.717, 1.165) is 16.7 Å². The molecule has 41 heavy (non-hydrogen) atoms. The van der Waals surface area contributed by atoms with Gasteiger partial charge in [0.05, 0.1) is 12.1 Å². The largest absolute Gasteiger partial charge is 0.508 e. The van der Waals surface area contributed by atoms with Crippen molar-refractivity contribution in [3.8, 4) is 16.3 Å². The number of benzene rings is 3. The van der Waals surface area contributed by atoms with E-state index < -0.39 is 23.5 Å². The van der Waals surface area contributed by atoms with Gasteiger partial charge in [0, 0.05) is 16.7 Å². The number of nitrogens with one attached hydrogen (secondary N) is 1. The van der Waals surface area contributed by atoms with Gasteiger partial charge in [0.25, 0.3) is 5.91 Å². The zero-order valence-corrected chi connectivity index (χ0v) is 23.3. The molecule has 10 heteroatoms. The van der Waals surface area contributed by atoms with Crippen molar-refractivity contribution >= 4 is 40.9 Å². The molecule has 0 bridgehead atoms. The zero-order valence-electron chi connectivity index (χ0n) is 21.7.